The number of rotatable bonds is 3. The van der Waals surface area contributed by atoms with Crippen LogP contribution in [0.3, 0.4) is 0 Å². The second-order valence-corrected chi connectivity index (χ2v) is 12.3. The van der Waals surface area contributed by atoms with Gasteiger partial charge in [0.15, 0.2) is 17.5 Å². The van der Waals surface area contributed by atoms with Crippen molar-refractivity contribution in [2.45, 2.75) is 0 Å². The smallest absolute Gasteiger partial charge is 0.164 e. The summed E-state index contributed by atoms with van der Waals surface area (Å²) in [6.45, 7) is 0. The largest absolute Gasteiger partial charge is 0.456 e. The van der Waals surface area contributed by atoms with Gasteiger partial charge in [0, 0.05) is 43.8 Å². The summed E-state index contributed by atoms with van der Waals surface area (Å²) >= 11 is 0. The molecule has 0 fully saturated rings. The number of furan rings is 2. The number of hydrogen-bond donors (Lipinski definition) is 0. The molecule has 5 nitrogen and oxygen atoms in total. The molecule has 7 aromatic carbocycles. The minimum atomic E-state index is 0.577. The first-order chi connectivity index (χ1) is 23.8. The highest BCUT2D eigenvalue weighted by Crippen LogP contribution is 2.53. The maximum atomic E-state index is 6.74. The lowest BCUT2D eigenvalue weighted by atomic mass is 9.95. The van der Waals surface area contributed by atoms with Crippen LogP contribution in [0.15, 0.2) is 148 Å². The molecule has 1 aliphatic carbocycles. The SMILES string of the molecule is c1ccc(-c2nc(-c3ccc4c(c3)oc3ccccc34)nc(-c3cc4c(c5oc6ccccc6c35)-c3cccc5cccc-4c35)n2)cc1. The van der Waals surface area contributed by atoms with E-state index in [-0.39, 0.29) is 0 Å². The van der Waals surface area contributed by atoms with E-state index in [0.29, 0.717) is 17.5 Å². The predicted molar refractivity (Wildman–Crippen MR) is 193 cm³/mol. The Labute approximate surface area is 273 Å². The highest BCUT2D eigenvalue weighted by Gasteiger charge is 2.29. The van der Waals surface area contributed by atoms with Crippen molar-refractivity contribution in [3.05, 3.63) is 140 Å². The Balaban J connectivity index is 1.23. The van der Waals surface area contributed by atoms with E-state index in [4.69, 9.17) is 23.8 Å². The van der Waals surface area contributed by atoms with Crippen molar-refractivity contribution in [2.75, 3.05) is 0 Å². The van der Waals surface area contributed by atoms with Crippen molar-refractivity contribution in [3.63, 3.8) is 0 Å². The van der Waals surface area contributed by atoms with E-state index in [1.165, 1.54) is 21.9 Å². The molecular weight excluding hydrogens is 590 g/mol. The molecule has 3 heterocycles. The fourth-order valence-electron chi connectivity index (χ4n) is 7.54. The molecule has 11 rings (SSSR count). The van der Waals surface area contributed by atoms with Gasteiger partial charge in [0.1, 0.15) is 22.3 Å². The van der Waals surface area contributed by atoms with Gasteiger partial charge < -0.3 is 8.83 Å². The maximum absolute atomic E-state index is 6.74. The normalized spacial score (nSPS) is 12.2. The summed E-state index contributed by atoms with van der Waals surface area (Å²) in [4.78, 5) is 15.4. The van der Waals surface area contributed by atoms with Gasteiger partial charge in [0.05, 0.1) is 0 Å². The van der Waals surface area contributed by atoms with Crippen molar-refractivity contribution >= 4 is 54.6 Å². The number of para-hydroxylation sites is 2. The molecule has 10 aromatic rings. The number of aromatic nitrogens is 3. The van der Waals surface area contributed by atoms with Crippen LogP contribution < -0.4 is 0 Å². The van der Waals surface area contributed by atoms with Crippen LogP contribution in [-0.4, -0.2) is 15.0 Å². The van der Waals surface area contributed by atoms with Gasteiger partial charge in [-0.15, -0.1) is 0 Å². The third kappa shape index (κ3) is 3.53. The highest BCUT2D eigenvalue weighted by molar-refractivity contribution is 6.26. The van der Waals surface area contributed by atoms with Gasteiger partial charge in [-0.3, -0.25) is 0 Å². The summed E-state index contributed by atoms with van der Waals surface area (Å²) in [7, 11) is 0. The van der Waals surface area contributed by atoms with E-state index in [1.54, 1.807) is 0 Å². The zero-order chi connectivity index (χ0) is 31.3. The van der Waals surface area contributed by atoms with Gasteiger partial charge in [0.2, 0.25) is 0 Å². The quantitative estimate of drug-likeness (QED) is 0.198. The van der Waals surface area contributed by atoms with Crippen LogP contribution in [-0.2, 0) is 0 Å². The Kier molecular flexibility index (Phi) is 5.05. The Hall–Kier alpha value is -6.59. The molecule has 5 heteroatoms. The van der Waals surface area contributed by atoms with E-state index in [0.717, 1.165) is 71.7 Å². The standard InChI is InChI=1S/C43H23N3O2/c1-2-10-25(11-3-1)41-44-42(26-20-21-28-27-14-4-6-18-34(27)47-36(28)22-26)46-43(45-41)33-23-32-29-16-8-12-24-13-9-17-31(37(24)29)39(32)40-38(33)30-15-5-7-19-35(30)48-40/h1-23H. The van der Waals surface area contributed by atoms with Gasteiger partial charge in [-0.25, -0.2) is 15.0 Å². The number of fused-ring (bicyclic) bond motifs is 10. The van der Waals surface area contributed by atoms with Crippen LogP contribution in [0.1, 0.15) is 0 Å². The molecule has 0 aliphatic heterocycles. The topological polar surface area (TPSA) is 65.0 Å². The zero-order valence-electron chi connectivity index (χ0n) is 25.4. The Morgan fingerprint density at radius 2 is 1.04 bits per heavy atom. The molecule has 0 atom stereocenters. The van der Waals surface area contributed by atoms with Crippen molar-refractivity contribution in [1.29, 1.82) is 0 Å². The van der Waals surface area contributed by atoms with Crippen molar-refractivity contribution in [1.82, 2.24) is 15.0 Å². The Morgan fingerprint density at radius 3 is 1.88 bits per heavy atom. The summed E-state index contributed by atoms with van der Waals surface area (Å²) in [5.74, 6) is 1.77. The molecular formula is C43H23N3O2. The molecule has 1 aliphatic rings. The third-order valence-electron chi connectivity index (χ3n) is 9.66. The molecule has 0 saturated heterocycles. The lowest BCUT2D eigenvalue weighted by Gasteiger charge is -2.12. The summed E-state index contributed by atoms with van der Waals surface area (Å²) < 4.78 is 13.0. The molecule has 0 saturated carbocycles. The lowest BCUT2D eigenvalue weighted by molar-refractivity contribution is 0.669. The number of benzene rings is 7. The first-order valence-corrected chi connectivity index (χ1v) is 16.0. The van der Waals surface area contributed by atoms with Crippen LogP contribution in [0.5, 0.6) is 0 Å². The zero-order valence-corrected chi connectivity index (χ0v) is 25.4. The van der Waals surface area contributed by atoms with Gasteiger partial charge in [-0.05, 0) is 57.8 Å². The van der Waals surface area contributed by atoms with E-state index in [2.05, 4.69) is 72.8 Å². The minimum absolute atomic E-state index is 0.577. The summed E-state index contributed by atoms with van der Waals surface area (Å²) in [6, 6.07) is 47.9. The fraction of sp³-hybridized carbons (Fsp3) is 0. The average Bonchev–Trinajstić information content (AvgIpc) is 3.82. The number of nitrogens with zero attached hydrogens (tertiary/aromatic N) is 3. The van der Waals surface area contributed by atoms with Crippen LogP contribution in [0.4, 0.5) is 0 Å². The van der Waals surface area contributed by atoms with E-state index >= 15 is 0 Å². The molecule has 0 bridgehead atoms. The summed E-state index contributed by atoms with van der Waals surface area (Å²) in [5.41, 5.74) is 10.6. The van der Waals surface area contributed by atoms with Gasteiger partial charge >= 0.3 is 0 Å². The minimum Gasteiger partial charge on any atom is -0.456 e. The van der Waals surface area contributed by atoms with Gasteiger partial charge in [0.25, 0.3) is 0 Å². The Bertz CT molecular complexity index is 2950. The maximum Gasteiger partial charge on any atom is 0.164 e. The molecule has 0 spiro atoms. The molecule has 48 heavy (non-hydrogen) atoms. The van der Waals surface area contributed by atoms with Crippen LogP contribution in [0.25, 0.3) is 111 Å². The van der Waals surface area contributed by atoms with Crippen molar-refractivity contribution in [2.24, 2.45) is 0 Å². The molecule has 222 valence electrons. The second-order valence-electron chi connectivity index (χ2n) is 12.3. The molecule has 3 aromatic heterocycles. The molecule has 0 amide bonds. The average molecular weight is 614 g/mol. The summed E-state index contributed by atoms with van der Waals surface area (Å²) in [5, 5.41) is 6.63. The van der Waals surface area contributed by atoms with Crippen LogP contribution >= 0.6 is 0 Å². The molecule has 0 unspecified atom stereocenters. The van der Waals surface area contributed by atoms with Gasteiger partial charge in [-0.2, -0.15) is 0 Å². The number of hydrogen-bond acceptors (Lipinski definition) is 5. The molecule has 0 radical (unpaired) electrons. The van der Waals surface area contributed by atoms with E-state index in [1.807, 2.05) is 66.7 Å². The van der Waals surface area contributed by atoms with Crippen molar-refractivity contribution in [3.8, 4) is 56.4 Å². The summed E-state index contributed by atoms with van der Waals surface area (Å²) in [6.07, 6.45) is 0. The van der Waals surface area contributed by atoms with E-state index < -0.39 is 0 Å². The monoisotopic (exact) mass is 613 g/mol. The van der Waals surface area contributed by atoms with Crippen LogP contribution in [0, 0.1) is 0 Å². The molecule has 0 N–H and O–H groups in total. The first-order valence-electron chi connectivity index (χ1n) is 16.0. The lowest BCUT2D eigenvalue weighted by Crippen LogP contribution is -2.00. The predicted octanol–water partition coefficient (Wildman–Crippen LogP) is 11.5. The third-order valence-corrected chi connectivity index (χ3v) is 9.66. The van der Waals surface area contributed by atoms with Crippen LogP contribution in [0.2, 0.25) is 0 Å². The fourth-order valence-corrected chi connectivity index (χ4v) is 7.54. The van der Waals surface area contributed by atoms with E-state index in [9.17, 15) is 0 Å². The van der Waals surface area contributed by atoms with Gasteiger partial charge in [-0.1, -0.05) is 109 Å². The second kappa shape index (κ2) is 9.47. The highest BCUT2D eigenvalue weighted by atomic mass is 16.3. The first kappa shape index (κ1) is 25.6. The van der Waals surface area contributed by atoms with Crippen molar-refractivity contribution < 1.29 is 8.83 Å². The Morgan fingerprint density at radius 1 is 0.375 bits per heavy atom.